The van der Waals surface area contributed by atoms with Gasteiger partial charge in [0, 0.05) is 24.2 Å². The largest absolute Gasteiger partial charge is 0.463 e. The van der Waals surface area contributed by atoms with Gasteiger partial charge in [-0.15, -0.1) is 0 Å². The zero-order chi connectivity index (χ0) is 14.7. The fourth-order valence-corrected chi connectivity index (χ4v) is 2.29. The van der Waals surface area contributed by atoms with E-state index in [0.29, 0.717) is 0 Å². The van der Waals surface area contributed by atoms with Gasteiger partial charge in [0.05, 0.1) is 11.8 Å². The second-order valence-electron chi connectivity index (χ2n) is 5.28. The quantitative estimate of drug-likeness (QED) is 0.786. The molecule has 0 bridgehead atoms. The van der Waals surface area contributed by atoms with Crippen LogP contribution in [0.15, 0.2) is 53.1 Å². The number of rotatable bonds is 5. The highest BCUT2D eigenvalue weighted by Gasteiger charge is 2.08. The molecule has 2 heterocycles. The first-order valence-corrected chi connectivity index (χ1v) is 7.06. The summed E-state index contributed by atoms with van der Waals surface area (Å²) in [5, 5.41) is 4.63. The van der Waals surface area contributed by atoms with Crippen LogP contribution in [0.5, 0.6) is 0 Å². The summed E-state index contributed by atoms with van der Waals surface area (Å²) < 4.78 is 5.47. The molecule has 2 aromatic heterocycles. The van der Waals surface area contributed by atoms with E-state index in [2.05, 4.69) is 41.4 Å². The monoisotopic (exact) mass is 299 g/mol. The number of nitrogens with zero attached hydrogens (tertiary/aromatic N) is 2. The minimum Gasteiger partial charge on any atom is -0.463 e. The van der Waals surface area contributed by atoms with Crippen molar-refractivity contribution < 1.29 is 9.89 Å². The standard InChI is InChI=1S/C17H19N3O.H2O/c1-20(2)10-9-18-15-12-16(17-8-5-11-21-17)19-14-7-4-3-6-13(14)15;/h3-8,11-12H,9-10H2,1-2H3,(H,18,19);1H2. The summed E-state index contributed by atoms with van der Waals surface area (Å²) in [6.45, 7) is 1.87. The van der Waals surface area contributed by atoms with Gasteiger partial charge in [-0.05, 0) is 38.4 Å². The van der Waals surface area contributed by atoms with Gasteiger partial charge in [0.25, 0.3) is 0 Å². The van der Waals surface area contributed by atoms with E-state index in [-0.39, 0.29) is 5.48 Å². The number of hydrogen-bond donors (Lipinski definition) is 1. The van der Waals surface area contributed by atoms with Crippen LogP contribution in [0.1, 0.15) is 0 Å². The van der Waals surface area contributed by atoms with Crippen molar-refractivity contribution in [3.8, 4) is 11.5 Å². The van der Waals surface area contributed by atoms with Crippen molar-refractivity contribution in [3.05, 3.63) is 48.7 Å². The van der Waals surface area contributed by atoms with E-state index in [9.17, 15) is 0 Å². The van der Waals surface area contributed by atoms with Crippen molar-refractivity contribution in [2.75, 3.05) is 32.5 Å². The van der Waals surface area contributed by atoms with Gasteiger partial charge >= 0.3 is 0 Å². The predicted molar refractivity (Wildman–Crippen MR) is 90.1 cm³/mol. The molecule has 0 unspecified atom stereocenters. The summed E-state index contributed by atoms with van der Waals surface area (Å²) in [7, 11) is 4.14. The lowest BCUT2D eigenvalue weighted by Gasteiger charge is -2.14. The Bertz CT molecular complexity index is 724. The van der Waals surface area contributed by atoms with Gasteiger partial charge in [-0.25, -0.2) is 4.98 Å². The van der Waals surface area contributed by atoms with Crippen LogP contribution in [0.3, 0.4) is 0 Å². The Morgan fingerprint density at radius 1 is 1.14 bits per heavy atom. The molecule has 5 nitrogen and oxygen atoms in total. The second-order valence-corrected chi connectivity index (χ2v) is 5.28. The van der Waals surface area contributed by atoms with Crippen LogP contribution in [0.4, 0.5) is 5.69 Å². The molecule has 0 atom stereocenters. The van der Waals surface area contributed by atoms with E-state index in [4.69, 9.17) is 4.42 Å². The van der Waals surface area contributed by atoms with E-state index in [1.54, 1.807) is 6.26 Å². The van der Waals surface area contributed by atoms with Gasteiger partial charge < -0.3 is 20.1 Å². The number of furan rings is 1. The topological polar surface area (TPSA) is 72.8 Å². The van der Waals surface area contributed by atoms with Crippen LogP contribution in [-0.4, -0.2) is 42.5 Å². The maximum Gasteiger partial charge on any atom is 0.152 e. The van der Waals surface area contributed by atoms with Crippen molar-refractivity contribution in [2.45, 2.75) is 0 Å². The average molecular weight is 299 g/mol. The van der Waals surface area contributed by atoms with E-state index >= 15 is 0 Å². The molecule has 0 aliphatic heterocycles. The summed E-state index contributed by atoms with van der Waals surface area (Å²) in [6, 6.07) is 14.0. The summed E-state index contributed by atoms with van der Waals surface area (Å²) in [5.41, 5.74) is 2.92. The fraction of sp³-hybridized carbons (Fsp3) is 0.235. The maximum absolute atomic E-state index is 5.47. The third-order valence-electron chi connectivity index (χ3n) is 3.36. The number of benzene rings is 1. The number of anilines is 1. The molecule has 0 saturated heterocycles. The van der Waals surface area contributed by atoms with Crippen molar-refractivity contribution in [1.82, 2.24) is 9.88 Å². The zero-order valence-electron chi connectivity index (χ0n) is 12.8. The molecule has 0 aliphatic carbocycles. The molecule has 3 N–H and O–H groups in total. The SMILES string of the molecule is CN(C)CCNc1cc(-c2ccco2)nc2ccccc12.O. The highest BCUT2D eigenvalue weighted by atomic mass is 16.3. The molecule has 0 spiro atoms. The molecule has 0 radical (unpaired) electrons. The number of para-hydroxylation sites is 1. The lowest BCUT2D eigenvalue weighted by atomic mass is 10.1. The van der Waals surface area contributed by atoms with Crippen LogP contribution >= 0.6 is 0 Å². The Morgan fingerprint density at radius 2 is 1.95 bits per heavy atom. The van der Waals surface area contributed by atoms with E-state index in [0.717, 1.165) is 41.1 Å². The number of pyridine rings is 1. The predicted octanol–water partition coefficient (Wildman–Crippen LogP) is 2.64. The molecule has 0 aliphatic rings. The third-order valence-corrected chi connectivity index (χ3v) is 3.36. The highest BCUT2D eigenvalue weighted by molar-refractivity contribution is 5.93. The fourth-order valence-electron chi connectivity index (χ4n) is 2.29. The molecule has 5 heteroatoms. The Morgan fingerprint density at radius 3 is 2.68 bits per heavy atom. The van der Waals surface area contributed by atoms with Gasteiger partial charge in [-0.3, -0.25) is 0 Å². The Kier molecular flexibility index (Phi) is 5.14. The van der Waals surface area contributed by atoms with Crippen molar-refractivity contribution in [2.24, 2.45) is 0 Å². The second kappa shape index (κ2) is 7.06. The van der Waals surface area contributed by atoms with E-state index < -0.39 is 0 Å². The van der Waals surface area contributed by atoms with Crippen LogP contribution in [0.25, 0.3) is 22.4 Å². The lowest BCUT2D eigenvalue weighted by molar-refractivity contribution is 0.425. The van der Waals surface area contributed by atoms with Crippen LogP contribution in [0, 0.1) is 0 Å². The zero-order valence-corrected chi connectivity index (χ0v) is 12.8. The molecular formula is C17H21N3O2. The molecule has 0 amide bonds. The molecule has 1 aromatic carbocycles. The molecule has 3 rings (SSSR count). The summed E-state index contributed by atoms with van der Waals surface area (Å²) in [5.74, 6) is 0.788. The minimum absolute atomic E-state index is 0. The number of aromatic nitrogens is 1. The van der Waals surface area contributed by atoms with Gasteiger partial charge in [-0.2, -0.15) is 0 Å². The third kappa shape index (κ3) is 3.44. The molecule has 22 heavy (non-hydrogen) atoms. The van der Waals surface area contributed by atoms with Crippen molar-refractivity contribution in [1.29, 1.82) is 0 Å². The lowest BCUT2D eigenvalue weighted by Crippen LogP contribution is -2.20. The van der Waals surface area contributed by atoms with Gasteiger partial charge in [0.2, 0.25) is 0 Å². The normalized spacial score (nSPS) is 10.7. The summed E-state index contributed by atoms with van der Waals surface area (Å²) in [6.07, 6.45) is 1.67. The summed E-state index contributed by atoms with van der Waals surface area (Å²) in [4.78, 5) is 6.83. The number of likely N-dealkylation sites (N-methyl/N-ethyl adjacent to an activating group) is 1. The summed E-state index contributed by atoms with van der Waals surface area (Å²) >= 11 is 0. The average Bonchev–Trinajstić information content (AvgIpc) is 3.01. The van der Waals surface area contributed by atoms with Gasteiger partial charge in [-0.1, -0.05) is 18.2 Å². The minimum atomic E-state index is 0. The van der Waals surface area contributed by atoms with E-state index in [1.165, 1.54) is 0 Å². The molecule has 0 saturated carbocycles. The molecule has 0 fully saturated rings. The Labute approximate surface area is 129 Å². The Balaban J connectivity index is 0.00000176. The van der Waals surface area contributed by atoms with Crippen molar-refractivity contribution >= 4 is 16.6 Å². The smallest absolute Gasteiger partial charge is 0.152 e. The first-order valence-electron chi connectivity index (χ1n) is 7.06. The van der Waals surface area contributed by atoms with Gasteiger partial charge in [0.15, 0.2) is 5.76 Å². The molecule has 3 aromatic rings. The molecular weight excluding hydrogens is 278 g/mol. The van der Waals surface area contributed by atoms with Crippen molar-refractivity contribution in [3.63, 3.8) is 0 Å². The van der Waals surface area contributed by atoms with Crippen LogP contribution < -0.4 is 5.32 Å². The highest BCUT2D eigenvalue weighted by Crippen LogP contribution is 2.28. The molecule has 116 valence electrons. The maximum atomic E-state index is 5.47. The number of fused-ring (bicyclic) bond motifs is 1. The Hall–Kier alpha value is -2.37. The van der Waals surface area contributed by atoms with Crippen LogP contribution in [0.2, 0.25) is 0 Å². The first kappa shape index (κ1) is 16.0. The van der Waals surface area contributed by atoms with Crippen LogP contribution in [-0.2, 0) is 0 Å². The number of hydrogen-bond acceptors (Lipinski definition) is 4. The first-order chi connectivity index (χ1) is 10.2. The van der Waals surface area contributed by atoms with E-state index in [1.807, 2.05) is 30.3 Å². The number of nitrogens with one attached hydrogen (secondary N) is 1. The van der Waals surface area contributed by atoms with Gasteiger partial charge in [0.1, 0.15) is 5.69 Å².